The Morgan fingerprint density at radius 3 is 2.58 bits per heavy atom. The second-order valence-corrected chi connectivity index (χ2v) is 9.01. The number of hydrogen-bond donors (Lipinski definition) is 2. The van der Waals surface area contributed by atoms with Gasteiger partial charge in [0.15, 0.2) is 0 Å². The number of aromatic nitrogens is 1. The first kappa shape index (κ1) is 25.3. The summed E-state index contributed by atoms with van der Waals surface area (Å²) in [6, 6.07) is 12.6. The Bertz CT molecular complexity index is 1370. The van der Waals surface area contributed by atoms with Crippen LogP contribution in [0.1, 0.15) is 35.0 Å². The van der Waals surface area contributed by atoms with Gasteiger partial charge in [-0.3, -0.25) is 9.59 Å². The third-order valence-corrected chi connectivity index (χ3v) is 6.14. The lowest BCUT2D eigenvalue weighted by Gasteiger charge is -2.38. The quantitative estimate of drug-likeness (QED) is 0.529. The van der Waals surface area contributed by atoms with Crippen molar-refractivity contribution in [3.8, 4) is 6.07 Å². The summed E-state index contributed by atoms with van der Waals surface area (Å²) in [5, 5.41) is 15.8. The zero-order valence-electron chi connectivity index (χ0n) is 19.1. The largest absolute Gasteiger partial charge is 0.433 e. The maximum atomic E-state index is 13.5. The molecule has 0 spiro atoms. The highest BCUT2D eigenvalue weighted by Crippen LogP contribution is 2.34. The molecule has 0 radical (unpaired) electrons. The number of carbonyl (C=O) groups is 2. The van der Waals surface area contributed by atoms with Crippen molar-refractivity contribution in [1.82, 2.24) is 15.2 Å². The highest BCUT2D eigenvalue weighted by Gasteiger charge is 2.35. The Morgan fingerprint density at radius 1 is 1.14 bits per heavy atom. The van der Waals surface area contributed by atoms with Crippen LogP contribution in [0.15, 0.2) is 48.5 Å². The van der Waals surface area contributed by atoms with E-state index >= 15 is 0 Å². The highest BCUT2D eigenvalue weighted by molar-refractivity contribution is 6.31. The number of alkyl halides is 3. The Kier molecular flexibility index (Phi) is 7.04. The lowest BCUT2D eigenvalue weighted by atomic mass is 9.99. The molecule has 11 heteroatoms. The number of pyridine rings is 1. The van der Waals surface area contributed by atoms with Gasteiger partial charge in [-0.15, -0.1) is 0 Å². The van der Waals surface area contributed by atoms with Crippen molar-refractivity contribution in [1.29, 1.82) is 5.26 Å². The molecule has 1 aliphatic heterocycles. The van der Waals surface area contributed by atoms with Crippen molar-refractivity contribution in [3.05, 3.63) is 70.4 Å². The Balaban J connectivity index is 1.61. The molecule has 3 aromatic rings. The molecule has 0 bridgehead atoms. The summed E-state index contributed by atoms with van der Waals surface area (Å²) in [5.74, 6) is -0.646. The molecule has 1 aromatic heterocycles. The van der Waals surface area contributed by atoms with E-state index in [0.717, 1.165) is 6.07 Å². The molecule has 0 unspecified atom stereocenters. The minimum atomic E-state index is -4.66. The molecule has 2 atom stereocenters. The number of nitriles is 1. The Hall–Kier alpha value is -3.84. The van der Waals surface area contributed by atoms with E-state index in [2.05, 4.69) is 15.6 Å². The monoisotopic (exact) mass is 515 g/mol. The van der Waals surface area contributed by atoms with Crippen LogP contribution in [-0.2, 0) is 11.0 Å². The summed E-state index contributed by atoms with van der Waals surface area (Å²) < 4.78 is 40.5. The fourth-order valence-electron chi connectivity index (χ4n) is 4.25. The first-order chi connectivity index (χ1) is 17.0. The van der Waals surface area contributed by atoms with E-state index in [-0.39, 0.29) is 30.2 Å². The van der Waals surface area contributed by atoms with Gasteiger partial charge in [0.05, 0.1) is 17.1 Å². The van der Waals surface area contributed by atoms with Crippen LogP contribution in [0.25, 0.3) is 10.9 Å². The second-order valence-electron chi connectivity index (χ2n) is 8.58. The summed E-state index contributed by atoms with van der Waals surface area (Å²) in [7, 11) is 0. The summed E-state index contributed by atoms with van der Waals surface area (Å²) in [4.78, 5) is 30.2. The molecule has 0 saturated carbocycles. The van der Waals surface area contributed by atoms with Gasteiger partial charge in [-0.1, -0.05) is 17.7 Å². The smallest absolute Gasteiger partial charge is 0.380 e. The van der Waals surface area contributed by atoms with E-state index in [0.29, 0.717) is 28.0 Å². The summed E-state index contributed by atoms with van der Waals surface area (Å²) in [5.41, 5.74) is -0.125. The number of halogens is 4. The van der Waals surface area contributed by atoms with Crippen LogP contribution in [0.2, 0.25) is 5.02 Å². The van der Waals surface area contributed by atoms with E-state index < -0.39 is 29.9 Å². The fourth-order valence-corrected chi connectivity index (χ4v) is 4.42. The average Bonchev–Trinajstić information content (AvgIpc) is 2.83. The number of nitrogens with zero attached hydrogens (tertiary/aromatic N) is 3. The average molecular weight is 516 g/mol. The van der Waals surface area contributed by atoms with Crippen molar-refractivity contribution < 1.29 is 22.8 Å². The third kappa shape index (κ3) is 5.69. The van der Waals surface area contributed by atoms with Crippen molar-refractivity contribution in [2.45, 2.75) is 31.6 Å². The first-order valence-corrected chi connectivity index (χ1v) is 11.4. The third-order valence-electron chi connectivity index (χ3n) is 5.91. The molecule has 0 aliphatic carbocycles. The molecule has 186 valence electrons. The van der Waals surface area contributed by atoms with Gasteiger partial charge in [0.1, 0.15) is 5.69 Å². The van der Waals surface area contributed by atoms with Crippen LogP contribution in [0.4, 0.5) is 18.9 Å². The van der Waals surface area contributed by atoms with E-state index in [1.165, 1.54) is 36.1 Å². The topological polar surface area (TPSA) is 98.1 Å². The van der Waals surface area contributed by atoms with Crippen LogP contribution >= 0.6 is 11.6 Å². The molecule has 1 saturated heterocycles. The fraction of sp³-hybridized carbons (Fsp3) is 0.280. The molecule has 2 N–H and O–H groups in total. The number of hydrogen-bond acceptors (Lipinski definition) is 5. The van der Waals surface area contributed by atoms with Gasteiger partial charge in [-0.25, -0.2) is 4.98 Å². The van der Waals surface area contributed by atoms with Crippen LogP contribution < -0.4 is 10.6 Å². The number of anilines is 1. The van der Waals surface area contributed by atoms with Crippen molar-refractivity contribution in [2.24, 2.45) is 0 Å². The van der Waals surface area contributed by atoms with Crippen molar-refractivity contribution in [3.63, 3.8) is 0 Å². The zero-order chi connectivity index (χ0) is 26.0. The number of nitrogens with one attached hydrogen (secondary N) is 2. The number of fused-ring (bicyclic) bond motifs is 1. The molecule has 2 amide bonds. The lowest BCUT2D eigenvalue weighted by Crippen LogP contribution is -2.55. The van der Waals surface area contributed by atoms with Gasteiger partial charge in [0.2, 0.25) is 5.91 Å². The van der Waals surface area contributed by atoms with Crippen LogP contribution in [0.3, 0.4) is 0 Å². The maximum absolute atomic E-state index is 13.5. The van der Waals surface area contributed by atoms with E-state index in [1.807, 2.05) is 6.07 Å². The van der Waals surface area contributed by atoms with Gasteiger partial charge < -0.3 is 15.5 Å². The van der Waals surface area contributed by atoms with E-state index in [1.54, 1.807) is 18.2 Å². The minimum absolute atomic E-state index is 0.123. The number of amides is 2. The van der Waals surface area contributed by atoms with E-state index in [9.17, 15) is 22.8 Å². The second kappa shape index (κ2) is 10.0. The SMILES string of the molecule is CC(=O)N1C[C@@H](NC(=O)c2cccc(C#N)c2)C[C@@H](Nc2cc(C(F)(F)F)nc3ccc(Cl)cc23)C1. The van der Waals surface area contributed by atoms with Crippen LogP contribution in [-0.4, -0.2) is 46.9 Å². The van der Waals surface area contributed by atoms with Crippen molar-refractivity contribution in [2.75, 3.05) is 18.4 Å². The number of piperidine rings is 1. The summed E-state index contributed by atoms with van der Waals surface area (Å²) >= 11 is 6.09. The number of rotatable bonds is 4. The van der Waals surface area contributed by atoms with Crippen LogP contribution in [0.5, 0.6) is 0 Å². The number of likely N-dealkylation sites (tertiary alicyclic amines) is 1. The van der Waals surface area contributed by atoms with Crippen molar-refractivity contribution >= 4 is 40.0 Å². The molecule has 36 heavy (non-hydrogen) atoms. The number of carbonyl (C=O) groups excluding carboxylic acids is 2. The minimum Gasteiger partial charge on any atom is -0.380 e. The van der Waals surface area contributed by atoms with E-state index in [4.69, 9.17) is 16.9 Å². The molecular weight excluding hydrogens is 495 g/mol. The van der Waals surface area contributed by atoms with Gasteiger partial charge in [-0.2, -0.15) is 18.4 Å². The normalized spacial score (nSPS) is 17.9. The number of benzene rings is 2. The maximum Gasteiger partial charge on any atom is 0.433 e. The standard InChI is InChI=1S/C25H21ClF3N5O2/c1-14(35)34-12-18(9-19(13-34)32-24(36)16-4-2-3-15(7-16)11-30)31-22-10-23(25(27,28)29)33-21-6-5-17(26)8-20(21)22/h2-8,10,18-19H,9,12-13H2,1H3,(H,31,33)(H,32,36)/t18-,19+/m1/s1. The van der Waals surface area contributed by atoms with Gasteiger partial charge in [0, 0.05) is 53.8 Å². The van der Waals surface area contributed by atoms with Gasteiger partial charge in [0.25, 0.3) is 5.91 Å². The Labute approximate surface area is 209 Å². The lowest BCUT2D eigenvalue weighted by molar-refractivity contribution is -0.140. The zero-order valence-corrected chi connectivity index (χ0v) is 19.8. The molecule has 2 aromatic carbocycles. The van der Waals surface area contributed by atoms with Crippen LogP contribution in [0, 0.1) is 11.3 Å². The summed E-state index contributed by atoms with van der Waals surface area (Å²) in [6.45, 7) is 1.87. The molecule has 2 heterocycles. The molecule has 1 aliphatic rings. The predicted octanol–water partition coefficient (Wildman–Crippen LogP) is 4.61. The molecule has 1 fully saturated rings. The predicted molar refractivity (Wildman–Crippen MR) is 128 cm³/mol. The Morgan fingerprint density at radius 2 is 1.89 bits per heavy atom. The summed E-state index contributed by atoms with van der Waals surface area (Å²) in [6.07, 6.45) is -4.31. The molecular formula is C25H21ClF3N5O2. The molecule has 7 nitrogen and oxygen atoms in total. The highest BCUT2D eigenvalue weighted by atomic mass is 35.5. The first-order valence-electron chi connectivity index (χ1n) is 11.0. The molecule has 4 rings (SSSR count). The van der Waals surface area contributed by atoms with Gasteiger partial charge >= 0.3 is 6.18 Å². The van der Waals surface area contributed by atoms with Gasteiger partial charge in [-0.05, 0) is 48.9 Å².